The van der Waals surface area contributed by atoms with Crippen molar-refractivity contribution in [1.82, 2.24) is 9.97 Å². The molecule has 1 aromatic heterocycles. The molecule has 0 atom stereocenters. The average molecular weight is 356 g/mol. The lowest BCUT2D eigenvalue weighted by Crippen LogP contribution is -2.33. The predicted octanol–water partition coefficient (Wildman–Crippen LogP) is 2.01. The van der Waals surface area contributed by atoms with Gasteiger partial charge >= 0.3 is 0 Å². The van der Waals surface area contributed by atoms with Gasteiger partial charge in [0.25, 0.3) is 5.91 Å². The first-order chi connectivity index (χ1) is 12.5. The van der Waals surface area contributed by atoms with Crippen LogP contribution < -0.4 is 26.8 Å². The lowest BCUT2D eigenvalue weighted by atomic mass is 9.92. The van der Waals surface area contributed by atoms with E-state index in [1.807, 2.05) is 24.3 Å². The molecule has 0 saturated heterocycles. The third-order valence-electron chi connectivity index (χ3n) is 4.49. The Hall–Kier alpha value is -2.87. The minimum absolute atomic E-state index is 0.215. The van der Waals surface area contributed by atoms with Crippen molar-refractivity contribution in [2.24, 2.45) is 11.5 Å². The Morgan fingerprint density at radius 3 is 2.73 bits per heavy atom. The number of nitrogens with zero attached hydrogens (tertiary/aromatic N) is 2. The minimum Gasteiger partial charge on any atom is -0.497 e. The van der Waals surface area contributed by atoms with E-state index < -0.39 is 5.91 Å². The van der Waals surface area contributed by atoms with Crippen molar-refractivity contribution in [2.45, 2.75) is 37.8 Å². The second-order valence-corrected chi connectivity index (χ2v) is 6.43. The number of rotatable bonds is 6. The van der Waals surface area contributed by atoms with Gasteiger partial charge in [-0.3, -0.25) is 4.79 Å². The zero-order chi connectivity index (χ0) is 18.5. The SMILES string of the molecule is COc1cccc(Nc2ncc(C(N)=O)c(N[C@H]3CC[C@@H](N)CC3)n2)c1. The number of primary amides is 1. The molecule has 0 bridgehead atoms. The number of hydrogen-bond donors (Lipinski definition) is 4. The smallest absolute Gasteiger partial charge is 0.254 e. The van der Waals surface area contributed by atoms with Crippen LogP contribution in [-0.2, 0) is 0 Å². The quantitative estimate of drug-likeness (QED) is 0.623. The fourth-order valence-electron chi connectivity index (χ4n) is 3.02. The first-order valence-corrected chi connectivity index (χ1v) is 8.65. The predicted molar refractivity (Wildman–Crippen MR) is 101 cm³/mol. The van der Waals surface area contributed by atoms with Crippen LogP contribution in [0, 0.1) is 0 Å². The zero-order valence-corrected chi connectivity index (χ0v) is 14.7. The summed E-state index contributed by atoms with van der Waals surface area (Å²) in [6, 6.07) is 7.89. The maximum atomic E-state index is 11.7. The molecule has 0 radical (unpaired) electrons. The molecule has 6 N–H and O–H groups in total. The van der Waals surface area contributed by atoms with Gasteiger partial charge < -0.3 is 26.8 Å². The summed E-state index contributed by atoms with van der Waals surface area (Å²) in [7, 11) is 1.61. The molecule has 0 aliphatic heterocycles. The van der Waals surface area contributed by atoms with Gasteiger partial charge in [-0.15, -0.1) is 0 Å². The molecule has 138 valence electrons. The fraction of sp³-hybridized carbons (Fsp3) is 0.389. The molecule has 2 aromatic rings. The van der Waals surface area contributed by atoms with Crippen LogP contribution in [0.4, 0.5) is 17.5 Å². The molecule has 8 heteroatoms. The van der Waals surface area contributed by atoms with Crippen molar-refractivity contribution >= 4 is 23.4 Å². The van der Waals surface area contributed by atoms with E-state index in [0.717, 1.165) is 37.1 Å². The van der Waals surface area contributed by atoms with Crippen LogP contribution in [0.1, 0.15) is 36.0 Å². The minimum atomic E-state index is -0.562. The lowest BCUT2D eigenvalue weighted by molar-refractivity contribution is 0.100. The second-order valence-electron chi connectivity index (χ2n) is 6.43. The molecule has 0 spiro atoms. The first-order valence-electron chi connectivity index (χ1n) is 8.65. The molecule has 1 fully saturated rings. The molecule has 8 nitrogen and oxygen atoms in total. The summed E-state index contributed by atoms with van der Waals surface area (Å²) in [4.78, 5) is 20.4. The van der Waals surface area contributed by atoms with E-state index in [4.69, 9.17) is 16.2 Å². The summed E-state index contributed by atoms with van der Waals surface area (Å²) >= 11 is 0. The number of amides is 1. The highest BCUT2D eigenvalue weighted by molar-refractivity contribution is 5.97. The maximum Gasteiger partial charge on any atom is 0.254 e. The largest absolute Gasteiger partial charge is 0.497 e. The van der Waals surface area contributed by atoms with Crippen LogP contribution >= 0.6 is 0 Å². The Balaban J connectivity index is 1.80. The number of aromatic nitrogens is 2. The normalized spacial score (nSPS) is 19.6. The van der Waals surface area contributed by atoms with E-state index in [0.29, 0.717) is 11.8 Å². The molecule has 1 saturated carbocycles. The molecule has 1 aliphatic rings. The Bertz CT molecular complexity index is 774. The number of ether oxygens (including phenoxy) is 1. The van der Waals surface area contributed by atoms with Gasteiger partial charge in [0.15, 0.2) is 0 Å². The van der Waals surface area contributed by atoms with Crippen LogP contribution in [0.5, 0.6) is 5.75 Å². The molecule has 1 aliphatic carbocycles. The van der Waals surface area contributed by atoms with E-state index in [9.17, 15) is 4.79 Å². The highest BCUT2D eigenvalue weighted by Gasteiger charge is 2.21. The van der Waals surface area contributed by atoms with Gasteiger partial charge in [-0.2, -0.15) is 4.98 Å². The van der Waals surface area contributed by atoms with Gasteiger partial charge in [-0.1, -0.05) is 6.07 Å². The lowest BCUT2D eigenvalue weighted by Gasteiger charge is -2.27. The van der Waals surface area contributed by atoms with Crippen molar-refractivity contribution in [1.29, 1.82) is 0 Å². The summed E-state index contributed by atoms with van der Waals surface area (Å²) in [5, 5.41) is 6.44. The summed E-state index contributed by atoms with van der Waals surface area (Å²) in [6.45, 7) is 0. The Kier molecular flexibility index (Phi) is 5.52. The van der Waals surface area contributed by atoms with E-state index >= 15 is 0 Å². The monoisotopic (exact) mass is 356 g/mol. The van der Waals surface area contributed by atoms with Crippen molar-refractivity contribution in [3.63, 3.8) is 0 Å². The molecule has 3 rings (SSSR count). The van der Waals surface area contributed by atoms with E-state index in [1.54, 1.807) is 7.11 Å². The van der Waals surface area contributed by atoms with Crippen molar-refractivity contribution < 1.29 is 9.53 Å². The van der Waals surface area contributed by atoms with Gasteiger partial charge in [0.1, 0.15) is 11.6 Å². The van der Waals surface area contributed by atoms with Crippen molar-refractivity contribution in [2.75, 3.05) is 17.7 Å². The van der Waals surface area contributed by atoms with E-state index in [-0.39, 0.29) is 17.6 Å². The molecule has 1 heterocycles. The van der Waals surface area contributed by atoms with E-state index in [2.05, 4.69) is 20.6 Å². The van der Waals surface area contributed by atoms with E-state index in [1.165, 1.54) is 6.20 Å². The third-order valence-corrected chi connectivity index (χ3v) is 4.49. The third kappa shape index (κ3) is 4.40. The van der Waals surface area contributed by atoms with Crippen LogP contribution in [0.3, 0.4) is 0 Å². The molecule has 1 amide bonds. The zero-order valence-electron chi connectivity index (χ0n) is 14.7. The molecule has 0 unspecified atom stereocenters. The van der Waals surface area contributed by atoms with Crippen LogP contribution in [0.15, 0.2) is 30.5 Å². The maximum absolute atomic E-state index is 11.7. The Morgan fingerprint density at radius 1 is 1.27 bits per heavy atom. The number of carbonyl (C=O) groups is 1. The average Bonchev–Trinajstić information content (AvgIpc) is 2.64. The highest BCUT2D eigenvalue weighted by Crippen LogP contribution is 2.24. The Labute approximate surface area is 152 Å². The number of anilines is 3. The fourth-order valence-corrected chi connectivity index (χ4v) is 3.02. The summed E-state index contributed by atoms with van der Waals surface area (Å²) in [5.74, 6) is 0.977. The van der Waals surface area contributed by atoms with Crippen molar-refractivity contribution in [3.05, 3.63) is 36.0 Å². The van der Waals surface area contributed by atoms with Gasteiger partial charge in [0.2, 0.25) is 5.95 Å². The number of nitrogens with one attached hydrogen (secondary N) is 2. The van der Waals surface area contributed by atoms with Crippen LogP contribution in [0.2, 0.25) is 0 Å². The standard InChI is InChI=1S/C18H24N6O2/c1-26-14-4-2-3-13(9-14)23-18-21-10-15(16(20)25)17(24-18)22-12-7-5-11(19)6-8-12/h2-4,9-12H,5-8,19H2,1H3,(H2,20,25)(H2,21,22,23,24)/t11-,12+. The number of carbonyl (C=O) groups excluding carboxylic acids is 1. The first kappa shape index (κ1) is 17.9. The van der Waals surface area contributed by atoms with Gasteiger partial charge in [0, 0.05) is 30.0 Å². The molecular weight excluding hydrogens is 332 g/mol. The summed E-state index contributed by atoms with van der Waals surface area (Å²) < 4.78 is 5.21. The molecular formula is C18H24N6O2. The highest BCUT2D eigenvalue weighted by atomic mass is 16.5. The van der Waals surface area contributed by atoms with Gasteiger partial charge in [0.05, 0.1) is 12.7 Å². The number of benzene rings is 1. The second kappa shape index (κ2) is 8.01. The number of nitrogens with two attached hydrogens (primary N) is 2. The summed E-state index contributed by atoms with van der Waals surface area (Å²) in [5.41, 5.74) is 12.5. The molecule has 26 heavy (non-hydrogen) atoms. The number of methoxy groups -OCH3 is 1. The van der Waals surface area contributed by atoms with Crippen molar-refractivity contribution in [3.8, 4) is 5.75 Å². The Morgan fingerprint density at radius 2 is 2.04 bits per heavy atom. The van der Waals surface area contributed by atoms with Gasteiger partial charge in [-0.25, -0.2) is 4.98 Å². The number of hydrogen-bond acceptors (Lipinski definition) is 7. The van der Waals surface area contributed by atoms with Gasteiger partial charge in [-0.05, 0) is 37.8 Å². The molecule has 1 aromatic carbocycles. The van der Waals surface area contributed by atoms with Crippen LogP contribution in [-0.4, -0.2) is 35.1 Å². The van der Waals surface area contributed by atoms with Crippen LogP contribution in [0.25, 0.3) is 0 Å². The topological polar surface area (TPSA) is 128 Å². The summed E-state index contributed by atoms with van der Waals surface area (Å²) in [6.07, 6.45) is 5.20.